The van der Waals surface area contributed by atoms with E-state index < -0.39 is 0 Å². The number of nitrogens with zero attached hydrogens (tertiary/aromatic N) is 4. The summed E-state index contributed by atoms with van der Waals surface area (Å²) in [5.41, 5.74) is 7.66. The van der Waals surface area contributed by atoms with Gasteiger partial charge in [0.15, 0.2) is 11.2 Å². The summed E-state index contributed by atoms with van der Waals surface area (Å²) < 4.78 is 4.59. The normalized spacial score (nSPS) is 20.8. The quantitative estimate of drug-likeness (QED) is 0.852. The number of hydrogen-bond donors (Lipinski definition) is 1. The molecule has 0 unspecified atom stereocenters. The molecule has 0 spiro atoms. The van der Waals surface area contributed by atoms with Gasteiger partial charge in [-0.2, -0.15) is 0 Å². The third-order valence-corrected chi connectivity index (χ3v) is 5.14. The maximum Gasteiger partial charge on any atom is 0.332 e. The average molecular weight is 345 g/mol. The third-order valence-electron chi connectivity index (χ3n) is 5.14. The Kier molecular flexibility index (Phi) is 4.69. The zero-order chi connectivity index (χ0) is 18.3. The molecule has 2 N–H and O–H groups in total. The maximum absolute atomic E-state index is 12.8. The van der Waals surface area contributed by atoms with Gasteiger partial charge in [-0.3, -0.25) is 13.9 Å². The standard InChI is InChI=1S/C18H27N5O2/c1-11(2)8-9-23-14-16(21(3)18(25)22(4)17(14)24)20-15(23)12-6-5-7-13(19)10-12/h8,12-13H,5-7,9-10,19H2,1-4H3/t12-,13+/m0/s1. The van der Waals surface area contributed by atoms with E-state index in [4.69, 9.17) is 10.7 Å². The van der Waals surface area contributed by atoms with Crippen molar-refractivity contribution < 1.29 is 0 Å². The molecular formula is C18H27N5O2. The van der Waals surface area contributed by atoms with E-state index in [2.05, 4.69) is 6.08 Å². The van der Waals surface area contributed by atoms with E-state index in [9.17, 15) is 9.59 Å². The molecule has 1 fully saturated rings. The molecule has 0 saturated heterocycles. The summed E-state index contributed by atoms with van der Waals surface area (Å²) in [7, 11) is 3.18. The van der Waals surface area contributed by atoms with Crippen LogP contribution in [0.2, 0.25) is 0 Å². The highest BCUT2D eigenvalue weighted by atomic mass is 16.2. The fourth-order valence-electron chi connectivity index (χ4n) is 3.70. The van der Waals surface area contributed by atoms with Gasteiger partial charge in [0.2, 0.25) is 0 Å². The van der Waals surface area contributed by atoms with Crippen molar-refractivity contribution in [2.75, 3.05) is 0 Å². The molecule has 3 rings (SSSR count). The van der Waals surface area contributed by atoms with Crippen LogP contribution in [0.5, 0.6) is 0 Å². The number of imidazole rings is 1. The summed E-state index contributed by atoms with van der Waals surface area (Å²) >= 11 is 0. The smallest absolute Gasteiger partial charge is 0.328 e. The van der Waals surface area contributed by atoms with Crippen molar-refractivity contribution in [1.82, 2.24) is 18.7 Å². The largest absolute Gasteiger partial charge is 0.332 e. The van der Waals surface area contributed by atoms with Crippen molar-refractivity contribution in [3.63, 3.8) is 0 Å². The summed E-state index contributed by atoms with van der Waals surface area (Å²) in [4.78, 5) is 29.8. The van der Waals surface area contributed by atoms with Crippen molar-refractivity contribution in [2.24, 2.45) is 19.8 Å². The van der Waals surface area contributed by atoms with E-state index in [1.54, 1.807) is 7.05 Å². The van der Waals surface area contributed by atoms with Gasteiger partial charge in [0, 0.05) is 32.6 Å². The van der Waals surface area contributed by atoms with Crippen molar-refractivity contribution in [3.05, 3.63) is 38.3 Å². The van der Waals surface area contributed by atoms with Gasteiger partial charge in [-0.25, -0.2) is 9.78 Å². The summed E-state index contributed by atoms with van der Waals surface area (Å²) in [6, 6.07) is 0.169. The second-order valence-corrected chi connectivity index (χ2v) is 7.36. The van der Waals surface area contributed by atoms with Crippen LogP contribution in [0.3, 0.4) is 0 Å². The molecule has 2 heterocycles. The first-order valence-corrected chi connectivity index (χ1v) is 8.86. The number of allylic oxidation sites excluding steroid dienone is 2. The molecule has 2 aromatic heterocycles. The van der Waals surface area contributed by atoms with Gasteiger partial charge in [0.05, 0.1) is 0 Å². The van der Waals surface area contributed by atoms with E-state index in [1.807, 2.05) is 18.4 Å². The molecule has 1 aliphatic carbocycles. The Morgan fingerprint density at radius 2 is 1.96 bits per heavy atom. The lowest BCUT2D eigenvalue weighted by Gasteiger charge is -2.26. The molecule has 1 aliphatic rings. The maximum atomic E-state index is 12.8. The van der Waals surface area contributed by atoms with Crippen LogP contribution in [-0.2, 0) is 20.6 Å². The molecule has 0 aromatic carbocycles. The molecule has 0 aliphatic heterocycles. The summed E-state index contributed by atoms with van der Waals surface area (Å²) in [5.74, 6) is 1.10. The molecule has 7 heteroatoms. The summed E-state index contributed by atoms with van der Waals surface area (Å²) in [6.07, 6.45) is 6.06. The molecule has 7 nitrogen and oxygen atoms in total. The van der Waals surface area contributed by atoms with E-state index in [1.165, 1.54) is 17.2 Å². The SMILES string of the molecule is CC(C)=CCn1c([C@H]2CCC[C@@H](N)C2)nc2c1c(=O)n(C)c(=O)n2C. The molecular weight excluding hydrogens is 318 g/mol. The number of nitrogens with two attached hydrogens (primary N) is 1. The van der Waals surface area contributed by atoms with E-state index in [-0.39, 0.29) is 23.2 Å². The second-order valence-electron chi connectivity index (χ2n) is 7.36. The van der Waals surface area contributed by atoms with Crippen LogP contribution in [0.25, 0.3) is 11.2 Å². The predicted molar refractivity (Wildman–Crippen MR) is 98.8 cm³/mol. The number of fused-ring (bicyclic) bond motifs is 1. The topological polar surface area (TPSA) is 87.8 Å². The van der Waals surface area contributed by atoms with Gasteiger partial charge < -0.3 is 10.3 Å². The molecule has 136 valence electrons. The van der Waals surface area contributed by atoms with Crippen LogP contribution < -0.4 is 17.0 Å². The molecule has 2 atom stereocenters. The predicted octanol–water partition coefficient (Wildman–Crippen LogP) is 1.38. The Labute approximate surface area is 146 Å². The lowest BCUT2D eigenvalue weighted by Crippen LogP contribution is -2.37. The fraction of sp³-hybridized carbons (Fsp3) is 0.611. The van der Waals surface area contributed by atoms with Gasteiger partial charge in [-0.15, -0.1) is 0 Å². The van der Waals surface area contributed by atoms with Crippen LogP contribution in [0.15, 0.2) is 21.2 Å². The molecule has 0 radical (unpaired) electrons. The Bertz CT molecular complexity index is 943. The molecule has 25 heavy (non-hydrogen) atoms. The zero-order valence-corrected chi connectivity index (χ0v) is 15.5. The molecule has 2 aromatic rings. The van der Waals surface area contributed by atoms with Crippen LogP contribution in [-0.4, -0.2) is 24.7 Å². The minimum absolute atomic E-state index is 0.169. The van der Waals surface area contributed by atoms with Gasteiger partial charge in [-0.1, -0.05) is 18.1 Å². The number of hydrogen-bond acceptors (Lipinski definition) is 4. The van der Waals surface area contributed by atoms with Crippen LogP contribution in [0.4, 0.5) is 0 Å². The van der Waals surface area contributed by atoms with Crippen molar-refractivity contribution in [3.8, 4) is 0 Å². The third kappa shape index (κ3) is 3.08. The lowest BCUT2D eigenvalue weighted by atomic mass is 9.85. The first-order valence-electron chi connectivity index (χ1n) is 8.86. The second kappa shape index (κ2) is 6.63. The van der Waals surface area contributed by atoms with Crippen LogP contribution in [0, 0.1) is 0 Å². The highest BCUT2D eigenvalue weighted by Gasteiger charge is 2.27. The first kappa shape index (κ1) is 17.7. The van der Waals surface area contributed by atoms with Gasteiger partial charge >= 0.3 is 5.69 Å². The minimum Gasteiger partial charge on any atom is -0.328 e. The van der Waals surface area contributed by atoms with Crippen LogP contribution in [0.1, 0.15) is 51.3 Å². The summed E-state index contributed by atoms with van der Waals surface area (Å²) in [5, 5.41) is 0. The Hall–Kier alpha value is -2.15. The van der Waals surface area contributed by atoms with Crippen molar-refractivity contribution >= 4 is 11.2 Å². The molecule has 1 saturated carbocycles. The monoisotopic (exact) mass is 345 g/mol. The highest BCUT2D eigenvalue weighted by molar-refractivity contribution is 5.71. The Morgan fingerprint density at radius 3 is 2.60 bits per heavy atom. The number of aromatic nitrogens is 4. The molecule has 0 amide bonds. The summed E-state index contributed by atoms with van der Waals surface area (Å²) in [6.45, 7) is 4.64. The Morgan fingerprint density at radius 1 is 1.24 bits per heavy atom. The van der Waals surface area contributed by atoms with Gasteiger partial charge in [-0.05, 0) is 33.1 Å². The van der Waals surface area contributed by atoms with Gasteiger partial charge in [0.1, 0.15) is 5.82 Å². The van der Waals surface area contributed by atoms with E-state index in [0.717, 1.165) is 36.1 Å². The van der Waals surface area contributed by atoms with Crippen LogP contribution >= 0.6 is 0 Å². The van der Waals surface area contributed by atoms with Gasteiger partial charge in [0.25, 0.3) is 5.56 Å². The van der Waals surface area contributed by atoms with Crippen molar-refractivity contribution in [1.29, 1.82) is 0 Å². The zero-order valence-electron chi connectivity index (χ0n) is 15.5. The van der Waals surface area contributed by atoms with E-state index in [0.29, 0.717) is 17.7 Å². The lowest BCUT2D eigenvalue weighted by molar-refractivity contribution is 0.376. The average Bonchev–Trinajstić information content (AvgIpc) is 2.96. The fourth-order valence-corrected chi connectivity index (χ4v) is 3.70. The molecule has 0 bridgehead atoms. The van der Waals surface area contributed by atoms with E-state index >= 15 is 0 Å². The van der Waals surface area contributed by atoms with Crippen molar-refractivity contribution in [2.45, 2.75) is 58.0 Å². The Balaban J connectivity index is 2.28. The highest BCUT2D eigenvalue weighted by Crippen LogP contribution is 2.32. The minimum atomic E-state index is -0.351. The number of rotatable bonds is 3. The first-order chi connectivity index (χ1) is 11.8. The number of aryl methyl sites for hydroxylation is 1.